The Bertz CT molecular complexity index is 593. The normalized spacial score (nSPS) is 10.1. The fraction of sp³-hybridized carbons (Fsp3) is 0.143. The molecule has 0 fully saturated rings. The molecule has 0 amide bonds. The lowest BCUT2D eigenvalue weighted by molar-refractivity contribution is 0.0695. The Morgan fingerprint density at radius 1 is 1.22 bits per heavy atom. The van der Waals surface area contributed by atoms with Crippen molar-refractivity contribution in [1.82, 2.24) is 4.98 Å². The van der Waals surface area contributed by atoms with Crippen LogP contribution in [-0.2, 0) is 0 Å². The average molecular weight is 243 g/mol. The lowest BCUT2D eigenvalue weighted by atomic mass is 10.1. The molecule has 0 bridgehead atoms. The van der Waals surface area contributed by atoms with Crippen molar-refractivity contribution in [3.8, 4) is 11.6 Å². The zero-order valence-corrected chi connectivity index (χ0v) is 10.2. The number of ether oxygens (including phenoxy) is 1. The second kappa shape index (κ2) is 4.87. The molecule has 0 aliphatic heterocycles. The van der Waals surface area contributed by atoms with Gasteiger partial charge < -0.3 is 9.84 Å². The SMILES string of the molecule is Cc1cccnc1Oc1cccc(C(=O)O)c1C. The maximum absolute atomic E-state index is 11.0. The smallest absolute Gasteiger partial charge is 0.336 e. The molecule has 1 heterocycles. The molecule has 0 aliphatic rings. The number of aromatic carboxylic acids is 1. The van der Waals surface area contributed by atoms with Gasteiger partial charge in [0.25, 0.3) is 0 Å². The molecule has 2 aromatic rings. The Kier molecular flexibility index (Phi) is 3.28. The van der Waals surface area contributed by atoms with Crippen molar-refractivity contribution < 1.29 is 14.6 Å². The number of rotatable bonds is 3. The number of benzene rings is 1. The molecule has 92 valence electrons. The van der Waals surface area contributed by atoms with E-state index in [1.807, 2.05) is 19.1 Å². The summed E-state index contributed by atoms with van der Waals surface area (Å²) >= 11 is 0. The molecule has 0 saturated carbocycles. The highest BCUT2D eigenvalue weighted by Gasteiger charge is 2.12. The van der Waals surface area contributed by atoms with E-state index in [2.05, 4.69) is 4.98 Å². The summed E-state index contributed by atoms with van der Waals surface area (Å²) in [5.41, 5.74) is 1.73. The van der Waals surface area contributed by atoms with E-state index in [9.17, 15) is 4.79 Å². The van der Waals surface area contributed by atoms with Gasteiger partial charge in [0, 0.05) is 17.3 Å². The molecule has 1 N–H and O–H groups in total. The van der Waals surface area contributed by atoms with Gasteiger partial charge in [-0.3, -0.25) is 0 Å². The number of hydrogen-bond donors (Lipinski definition) is 1. The molecule has 0 unspecified atom stereocenters. The third-order valence-corrected chi connectivity index (χ3v) is 2.68. The molecular weight excluding hydrogens is 230 g/mol. The van der Waals surface area contributed by atoms with Crippen LogP contribution in [0.25, 0.3) is 0 Å². The van der Waals surface area contributed by atoms with Crippen LogP contribution in [0, 0.1) is 13.8 Å². The number of carboxylic acid groups (broad SMARTS) is 1. The van der Waals surface area contributed by atoms with Crippen LogP contribution >= 0.6 is 0 Å². The van der Waals surface area contributed by atoms with E-state index in [0.717, 1.165) is 5.56 Å². The molecule has 4 nitrogen and oxygen atoms in total. The molecule has 18 heavy (non-hydrogen) atoms. The Labute approximate surface area is 105 Å². The monoisotopic (exact) mass is 243 g/mol. The largest absolute Gasteiger partial charge is 0.478 e. The topological polar surface area (TPSA) is 59.4 Å². The maximum Gasteiger partial charge on any atom is 0.336 e. The van der Waals surface area contributed by atoms with Crippen LogP contribution in [0.15, 0.2) is 36.5 Å². The summed E-state index contributed by atoms with van der Waals surface area (Å²) in [6.07, 6.45) is 1.64. The standard InChI is InChI=1S/C14H13NO3/c1-9-5-4-8-15-13(9)18-12-7-3-6-11(10(12)2)14(16)17/h3-8H,1-2H3,(H,16,17). The molecule has 2 rings (SSSR count). The number of aryl methyl sites for hydroxylation is 1. The zero-order chi connectivity index (χ0) is 13.1. The van der Waals surface area contributed by atoms with Crippen LogP contribution in [0.1, 0.15) is 21.5 Å². The molecule has 0 spiro atoms. The van der Waals surface area contributed by atoms with Gasteiger partial charge in [-0.05, 0) is 32.0 Å². The number of aromatic nitrogens is 1. The molecule has 0 aliphatic carbocycles. The van der Waals surface area contributed by atoms with Crippen molar-refractivity contribution in [3.05, 3.63) is 53.2 Å². The fourth-order valence-electron chi connectivity index (χ4n) is 1.64. The van der Waals surface area contributed by atoms with Crippen molar-refractivity contribution in [2.45, 2.75) is 13.8 Å². The summed E-state index contributed by atoms with van der Waals surface area (Å²) in [7, 11) is 0. The van der Waals surface area contributed by atoms with E-state index in [4.69, 9.17) is 9.84 Å². The molecule has 0 saturated heterocycles. The van der Waals surface area contributed by atoms with Gasteiger partial charge in [-0.15, -0.1) is 0 Å². The van der Waals surface area contributed by atoms with E-state index in [1.54, 1.807) is 31.3 Å². The summed E-state index contributed by atoms with van der Waals surface area (Å²) in [6.45, 7) is 3.61. The lowest BCUT2D eigenvalue weighted by Crippen LogP contribution is -2.01. The first-order valence-corrected chi connectivity index (χ1v) is 5.52. The third kappa shape index (κ3) is 2.32. The van der Waals surface area contributed by atoms with Crippen LogP contribution in [0.5, 0.6) is 11.6 Å². The highest BCUT2D eigenvalue weighted by Crippen LogP contribution is 2.27. The van der Waals surface area contributed by atoms with Gasteiger partial charge in [0.1, 0.15) is 5.75 Å². The number of nitrogens with zero attached hydrogens (tertiary/aromatic N) is 1. The van der Waals surface area contributed by atoms with Crippen molar-refractivity contribution >= 4 is 5.97 Å². The average Bonchev–Trinajstić information content (AvgIpc) is 2.34. The van der Waals surface area contributed by atoms with Gasteiger partial charge in [-0.1, -0.05) is 12.1 Å². The van der Waals surface area contributed by atoms with E-state index >= 15 is 0 Å². The van der Waals surface area contributed by atoms with Gasteiger partial charge in [0.05, 0.1) is 5.56 Å². The summed E-state index contributed by atoms with van der Waals surface area (Å²) in [5, 5.41) is 9.04. The first-order chi connectivity index (χ1) is 8.59. The van der Waals surface area contributed by atoms with Gasteiger partial charge in [0.2, 0.25) is 5.88 Å². The molecule has 4 heteroatoms. The van der Waals surface area contributed by atoms with Gasteiger partial charge in [-0.25, -0.2) is 9.78 Å². The highest BCUT2D eigenvalue weighted by atomic mass is 16.5. The second-order valence-corrected chi connectivity index (χ2v) is 3.96. The van der Waals surface area contributed by atoms with E-state index < -0.39 is 5.97 Å². The first-order valence-electron chi connectivity index (χ1n) is 5.52. The fourth-order valence-corrected chi connectivity index (χ4v) is 1.64. The summed E-state index contributed by atoms with van der Waals surface area (Å²) in [5.74, 6) is 0.0375. The minimum absolute atomic E-state index is 0.237. The van der Waals surface area contributed by atoms with Crippen LogP contribution in [-0.4, -0.2) is 16.1 Å². The minimum Gasteiger partial charge on any atom is -0.478 e. The van der Waals surface area contributed by atoms with Crippen LogP contribution in [0.2, 0.25) is 0 Å². The van der Waals surface area contributed by atoms with Gasteiger partial charge in [-0.2, -0.15) is 0 Å². The summed E-state index contributed by atoms with van der Waals surface area (Å²) < 4.78 is 5.66. The quantitative estimate of drug-likeness (QED) is 0.899. The first kappa shape index (κ1) is 12.1. The molecule has 0 radical (unpaired) electrons. The third-order valence-electron chi connectivity index (χ3n) is 2.68. The predicted molar refractivity (Wildman–Crippen MR) is 67.2 cm³/mol. The Morgan fingerprint density at radius 2 is 2.00 bits per heavy atom. The van der Waals surface area contributed by atoms with Crippen molar-refractivity contribution in [1.29, 1.82) is 0 Å². The number of carboxylic acids is 1. The van der Waals surface area contributed by atoms with Gasteiger partial charge >= 0.3 is 5.97 Å². The van der Waals surface area contributed by atoms with Crippen molar-refractivity contribution in [2.75, 3.05) is 0 Å². The molecule has 0 atom stereocenters. The van der Waals surface area contributed by atoms with Crippen LogP contribution in [0.4, 0.5) is 0 Å². The van der Waals surface area contributed by atoms with E-state index in [1.165, 1.54) is 0 Å². The summed E-state index contributed by atoms with van der Waals surface area (Å²) in [4.78, 5) is 15.1. The highest BCUT2D eigenvalue weighted by molar-refractivity contribution is 5.90. The van der Waals surface area contributed by atoms with Crippen LogP contribution < -0.4 is 4.74 Å². The minimum atomic E-state index is -0.962. The summed E-state index contributed by atoms with van der Waals surface area (Å²) in [6, 6.07) is 8.65. The maximum atomic E-state index is 11.0. The van der Waals surface area contributed by atoms with Crippen molar-refractivity contribution in [2.24, 2.45) is 0 Å². The Morgan fingerprint density at radius 3 is 2.67 bits per heavy atom. The molecule has 1 aromatic carbocycles. The van der Waals surface area contributed by atoms with E-state index in [-0.39, 0.29) is 5.56 Å². The molecular formula is C14H13NO3. The predicted octanol–water partition coefficient (Wildman–Crippen LogP) is 3.19. The Hall–Kier alpha value is -2.36. The molecule has 1 aromatic heterocycles. The Balaban J connectivity index is 2.39. The number of pyridine rings is 1. The van der Waals surface area contributed by atoms with Crippen LogP contribution in [0.3, 0.4) is 0 Å². The zero-order valence-electron chi connectivity index (χ0n) is 10.2. The van der Waals surface area contributed by atoms with Gasteiger partial charge in [0.15, 0.2) is 0 Å². The van der Waals surface area contributed by atoms with Crippen molar-refractivity contribution in [3.63, 3.8) is 0 Å². The lowest BCUT2D eigenvalue weighted by Gasteiger charge is -2.11. The number of carbonyl (C=O) groups is 1. The van der Waals surface area contributed by atoms with E-state index in [0.29, 0.717) is 17.2 Å². The second-order valence-electron chi connectivity index (χ2n) is 3.96. The number of hydrogen-bond acceptors (Lipinski definition) is 3.